The first-order valence-corrected chi connectivity index (χ1v) is 8.85. The molecule has 6 heteroatoms. The molecule has 0 amide bonds. The van der Waals surface area contributed by atoms with Gasteiger partial charge in [0.2, 0.25) is 5.89 Å². The van der Waals surface area contributed by atoms with Gasteiger partial charge in [-0.25, -0.2) is 4.98 Å². The summed E-state index contributed by atoms with van der Waals surface area (Å²) in [5.74, 6) is 2.94. The van der Waals surface area contributed by atoms with Crippen LogP contribution in [0.15, 0.2) is 4.52 Å². The summed E-state index contributed by atoms with van der Waals surface area (Å²) >= 11 is 0. The molecule has 0 spiro atoms. The molecule has 3 heterocycles. The van der Waals surface area contributed by atoms with Crippen LogP contribution >= 0.6 is 0 Å². The van der Waals surface area contributed by atoms with E-state index in [1.165, 1.54) is 30.7 Å². The number of fused-ring (bicyclic) bond motifs is 1. The molecule has 0 saturated carbocycles. The highest BCUT2D eigenvalue weighted by atomic mass is 16.5. The number of H-pyrrole nitrogens is 1. The minimum Gasteiger partial charge on any atom is -0.344 e. The lowest BCUT2D eigenvalue weighted by molar-refractivity contribution is 0.230. The van der Waals surface area contributed by atoms with E-state index in [4.69, 9.17) is 9.51 Å². The molecular weight excluding hydrogens is 290 g/mol. The zero-order chi connectivity index (χ0) is 15.8. The van der Waals surface area contributed by atoms with E-state index >= 15 is 0 Å². The van der Waals surface area contributed by atoms with Crippen LogP contribution in [0.4, 0.5) is 0 Å². The van der Waals surface area contributed by atoms with Gasteiger partial charge in [0.25, 0.3) is 0 Å². The summed E-state index contributed by atoms with van der Waals surface area (Å²) in [4.78, 5) is 15.4. The maximum Gasteiger partial charge on any atom is 0.229 e. The standard InChI is InChI=1S/C17H25N5O/c1-11(2)17-20-15(21-23-17)10-22-9-5-8-14(22)16-18-12-6-3-4-7-13(12)19-16/h11,14H,3-10H2,1-2H3,(H,18,19). The molecule has 0 bridgehead atoms. The van der Waals surface area contributed by atoms with Crippen molar-refractivity contribution in [2.75, 3.05) is 6.54 Å². The van der Waals surface area contributed by atoms with Crippen molar-refractivity contribution in [3.05, 3.63) is 28.9 Å². The lowest BCUT2D eigenvalue weighted by Gasteiger charge is -2.20. The van der Waals surface area contributed by atoms with E-state index in [2.05, 4.69) is 33.9 Å². The molecule has 1 unspecified atom stereocenters. The second-order valence-corrected chi connectivity index (χ2v) is 7.09. The second-order valence-electron chi connectivity index (χ2n) is 7.09. The molecule has 0 radical (unpaired) electrons. The van der Waals surface area contributed by atoms with Gasteiger partial charge in [-0.1, -0.05) is 19.0 Å². The van der Waals surface area contributed by atoms with Crippen LogP contribution in [0.3, 0.4) is 0 Å². The van der Waals surface area contributed by atoms with Crippen LogP contribution in [-0.2, 0) is 19.4 Å². The Balaban J connectivity index is 1.50. The molecule has 2 aromatic rings. The molecule has 124 valence electrons. The van der Waals surface area contributed by atoms with Crippen LogP contribution in [0.25, 0.3) is 0 Å². The van der Waals surface area contributed by atoms with Crippen molar-refractivity contribution in [1.29, 1.82) is 0 Å². The number of nitrogens with one attached hydrogen (secondary N) is 1. The number of aromatic amines is 1. The smallest absolute Gasteiger partial charge is 0.229 e. The predicted octanol–water partition coefficient (Wildman–Crippen LogP) is 3.13. The van der Waals surface area contributed by atoms with Crippen molar-refractivity contribution in [3.8, 4) is 0 Å². The first-order valence-electron chi connectivity index (χ1n) is 8.85. The van der Waals surface area contributed by atoms with E-state index in [-0.39, 0.29) is 5.92 Å². The lowest BCUT2D eigenvalue weighted by atomic mass is 10.0. The maximum absolute atomic E-state index is 5.33. The predicted molar refractivity (Wildman–Crippen MR) is 86.0 cm³/mol. The molecule has 1 aliphatic heterocycles. The minimum absolute atomic E-state index is 0.280. The van der Waals surface area contributed by atoms with E-state index in [1.807, 2.05) is 0 Å². The zero-order valence-corrected chi connectivity index (χ0v) is 14.0. The number of hydrogen-bond donors (Lipinski definition) is 1. The first-order chi connectivity index (χ1) is 11.2. The molecule has 1 saturated heterocycles. The first kappa shape index (κ1) is 14.9. The van der Waals surface area contributed by atoms with Gasteiger partial charge >= 0.3 is 0 Å². The monoisotopic (exact) mass is 315 g/mol. The fourth-order valence-corrected chi connectivity index (χ4v) is 3.71. The molecule has 1 fully saturated rings. The van der Waals surface area contributed by atoms with Gasteiger partial charge in [0.1, 0.15) is 5.82 Å². The van der Waals surface area contributed by atoms with E-state index < -0.39 is 0 Å². The Labute approximate surface area is 136 Å². The van der Waals surface area contributed by atoms with E-state index in [1.54, 1.807) is 0 Å². The fourth-order valence-electron chi connectivity index (χ4n) is 3.71. The third kappa shape index (κ3) is 2.92. The third-order valence-electron chi connectivity index (χ3n) is 4.97. The number of aryl methyl sites for hydroxylation is 2. The minimum atomic E-state index is 0.280. The van der Waals surface area contributed by atoms with E-state index in [9.17, 15) is 0 Å². The molecular formula is C17H25N5O. The fraction of sp³-hybridized carbons (Fsp3) is 0.706. The molecule has 1 N–H and O–H groups in total. The average Bonchev–Trinajstić information content (AvgIpc) is 3.25. The van der Waals surface area contributed by atoms with Crippen LogP contribution < -0.4 is 0 Å². The van der Waals surface area contributed by atoms with Crippen molar-refractivity contribution >= 4 is 0 Å². The van der Waals surface area contributed by atoms with E-state index in [0.29, 0.717) is 6.04 Å². The summed E-state index contributed by atoms with van der Waals surface area (Å²) in [5, 5.41) is 4.14. The van der Waals surface area contributed by atoms with Gasteiger partial charge in [0.15, 0.2) is 5.82 Å². The van der Waals surface area contributed by atoms with Crippen molar-refractivity contribution in [1.82, 2.24) is 25.0 Å². The number of likely N-dealkylation sites (tertiary alicyclic amines) is 1. The largest absolute Gasteiger partial charge is 0.344 e. The Morgan fingerprint density at radius 1 is 1.22 bits per heavy atom. The Morgan fingerprint density at radius 2 is 2.09 bits per heavy atom. The quantitative estimate of drug-likeness (QED) is 0.938. The SMILES string of the molecule is CC(C)c1nc(CN2CCCC2c2nc3c([nH]2)CCCC3)no1. The van der Waals surface area contributed by atoms with Gasteiger partial charge in [0, 0.05) is 11.6 Å². The third-order valence-corrected chi connectivity index (χ3v) is 4.97. The number of imidazole rings is 1. The summed E-state index contributed by atoms with van der Waals surface area (Å²) in [5.41, 5.74) is 2.65. The molecule has 1 aliphatic carbocycles. The number of rotatable bonds is 4. The van der Waals surface area contributed by atoms with Crippen LogP contribution in [-0.4, -0.2) is 31.6 Å². The number of hydrogen-bond acceptors (Lipinski definition) is 5. The van der Waals surface area contributed by atoms with Gasteiger partial charge < -0.3 is 9.51 Å². The summed E-state index contributed by atoms with van der Waals surface area (Å²) in [7, 11) is 0. The summed E-state index contributed by atoms with van der Waals surface area (Å²) in [6, 6.07) is 0.363. The molecule has 0 aromatic carbocycles. The van der Waals surface area contributed by atoms with Crippen LogP contribution in [0.5, 0.6) is 0 Å². The topological polar surface area (TPSA) is 70.8 Å². The Hall–Kier alpha value is -1.69. The van der Waals surface area contributed by atoms with E-state index in [0.717, 1.165) is 49.9 Å². The highest BCUT2D eigenvalue weighted by Crippen LogP contribution is 2.33. The summed E-state index contributed by atoms with van der Waals surface area (Å²) in [6.07, 6.45) is 7.18. The van der Waals surface area contributed by atoms with Crippen molar-refractivity contribution in [2.45, 2.75) is 70.9 Å². The van der Waals surface area contributed by atoms with Crippen LogP contribution in [0.1, 0.15) is 80.4 Å². The maximum atomic E-state index is 5.33. The zero-order valence-electron chi connectivity index (χ0n) is 14.0. The average molecular weight is 315 g/mol. The Morgan fingerprint density at radius 3 is 2.87 bits per heavy atom. The highest BCUT2D eigenvalue weighted by Gasteiger charge is 2.30. The molecule has 6 nitrogen and oxygen atoms in total. The molecule has 2 aliphatic rings. The lowest BCUT2D eigenvalue weighted by Crippen LogP contribution is -2.24. The van der Waals surface area contributed by atoms with Crippen molar-refractivity contribution in [2.24, 2.45) is 0 Å². The molecule has 1 atom stereocenters. The normalized spacial score (nSPS) is 22.0. The van der Waals surface area contributed by atoms with Crippen LogP contribution in [0, 0.1) is 0 Å². The molecule has 4 rings (SSSR count). The number of nitrogens with zero attached hydrogens (tertiary/aromatic N) is 4. The van der Waals surface area contributed by atoms with Gasteiger partial charge in [-0.15, -0.1) is 0 Å². The molecule has 2 aromatic heterocycles. The number of aromatic nitrogens is 4. The highest BCUT2D eigenvalue weighted by molar-refractivity contribution is 5.19. The summed E-state index contributed by atoms with van der Waals surface area (Å²) < 4.78 is 5.33. The van der Waals surface area contributed by atoms with Gasteiger partial charge in [-0.05, 0) is 45.1 Å². The Bertz CT molecular complexity index is 651. The molecule has 23 heavy (non-hydrogen) atoms. The van der Waals surface area contributed by atoms with Crippen molar-refractivity contribution < 1.29 is 4.52 Å². The van der Waals surface area contributed by atoms with Gasteiger partial charge in [0.05, 0.1) is 18.3 Å². The van der Waals surface area contributed by atoms with Crippen LogP contribution in [0.2, 0.25) is 0 Å². The second kappa shape index (κ2) is 6.07. The van der Waals surface area contributed by atoms with Crippen molar-refractivity contribution in [3.63, 3.8) is 0 Å². The van der Waals surface area contributed by atoms with Gasteiger partial charge in [-0.3, -0.25) is 4.90 Å². The Kier molecular flexibility index (Phi) is 3.93. The van der Waals surface area contributed by atoms with Gasteiger partial charge in [-0.2, -0.15) is 4.98 Å². The summed E-state index contributed by atoms with van der Waals surface area (Å²) in [6.45, 7) is 5.96.